The molecule has 2 heterocycles. The van der Waals surface area contributed by atoms with Crippen molar-refractivity contribution in [2.45, 2.75) is 57.5 Å². The zero-order valence-electron chi connectivity index (χ0n) is 20.2. The minimum Gasteiger partial charge on any atom is -0.335 e. The number of amides is 1. The summed E-state index contributed by atoms with van der Waals surface area (Å²) in [5.41, 5.74) is 5.05. The third kappa shape index (κ3) is 5.29. The van der Waals surface area contributed by atoms with E-state index < -0.39 is 0 Å². The fourth-order valence-corrected chi connectivity index (χ4v) is 6.72. The average molecular weight is 473 g/mol. The second-order valence-electron chi connectivity index (χ2n) is 10.2. The van der Waals surface area contributed by atoms with Gasteiger partial charge in [0, 0.05) is 43.7 Å². The fourth-order valence-electron chi connectivity index (χ4n) is 6.06. The lowest BCUT2D eigenvalue weighted by Gasteiger charge is -2.37. The molecule has 34 heavy (non-hydrogen) atoms. The maximum absolute atomic E-state index is 13.8. The number of hydrogen-bond donors (Lipinski definition) is 0. The number of benzene rings is 2. The van der Waals surface area contributed by atoms with Crippen molar-refractivity contribution < 1.29 is 4.79 Å². The third-order valence-corrected chi connectivity index (χ3v) is 8.55. The highest BCUT2D eigenvalue weighted by molar-refractivity contribution is 7.07. The molecule has 0 unspecified atom stereocenters. The predicted octanol–water partition coefficient (Wildman–Crippen LogP) is 6.75. The van der Waals surface area contributed by atoms with Gasteiger partial charge in [-0.3, -0.25) is 9.69 Å². The van der Waals surface area contributed by atoms with Crippen molar-refractivity contribution in [3.63, 3.8) is 0 Å². The quantitative estimate of drug-likeness (QED) is 0.380. The van der Waals surface area contributed by atoms with Crippen LogP contribution in [0, 0.1) is 12.8 Å². The number of hydrogen-bond acceptors (Lipinski definition) is 3. The molecule has 0 radical (unpaired) electrons. The molecule has 5 rings (SSSR count). The number of rotatable bonds is 7. The van der Waals surface area contributed by atoms with Crippen LogP contribution in [0.4, 0.5) is 0 Å². The maximum Gasteiger partial charge on any atom is 0.254 e. The van der Waals surface area contributed by atoms with E-state index in [2.05, 4.69) is 57.8 Å². The molecule has 2 fully saturated rings. The highest BCUT2D eigenvalue weighted by Crippen LogP contribution is 2.37. The third-order valence-electron chi connectivity index (χ3n) is 7.82. The number of carbonyl (C=O) groups is 1. The normalized spacial score (nSPS) is 21.6. The van der Waals surface area contributed by atoms with E-state index in [9.17, 15) is 4.79 Å². The van der Waals surface area contributed by atoms with Gasteiger partial charge in [0.1, 0.15) is 0 Å². The van der Waals surface area contributed by atoms with Crippen molar-refractivity contribution in [1.29, 1.82) is 0 Å². The summed E-state index contributed by atoms with van der Waals surface area (Å²) in [6.07, 6.45) is 6.05. The van der Waals surface area contributed by atoms with E-state index in [-0.39, 0.29) is 5.91 Å². The largest absolute Gasteiger partial charge is 0.335 e. The van der Waals surface area contributed by atoms with E-state index in [1.807, 2.05) is 30.3 Å². The van der Waals surface area contributed by atoms with Gasteiger partial charge in [0.15, 0.2) is 0 Å². The number of likely N-dealkylation sites (tertiary alicyclic amines) is 1. The van der Waals surface area contributed by atoms with Gasteiger partial charge in [-0.05, 0) is 71.3 Å². The van der Waals surface area contributed by atoms with Crippen LogP contribution < -0.4 is 0 Å². The highest BCUT2D eigenvalue weighted by Gasteiger charge is 2.38. The van der Waals surface area contributed by atoms with Crippen LogP contribution in [-0.2, 0) is 6.54 Å². The number of thiophene rings is 1. The molecule has 1 amide bonds. The first-order valence-corrected chi connectivity index (χ1v) is 13.8. The van der Waals surface area contributed by atoms with Gasteiger partial charge in [0.05, 0.1) is 0 Å². The summed E-state index contributed by atoms with van der Waals surface area (Å²) in [6.45, 7) is 6.18. The Morgan fingerprint density at radius 1 is 0.971 bits per heavy atom. The summed E-state index contributed by atoms with van der Waals surface area (Å²) in [6, 6.07) is 21.4. The van der Waals surface area contributed by atoms with E-state index in [0.29, 0.717) is 17.9 Å². The molecule has 178 valence electrons. The minimum absolute atomic E-state index is 0.215. The predicted molar refractivity (Wildman–Crippen MR) is 141 cm³/mol. The maximum atomic E-state index is 13.8. The molecule has 1 aliphatic carbocycles. The van der Waals surface area contributed by atoms with Gasteiger partial charge in [0.25, 0.3) is 5.91 Å². The summed E-state index contributed by atoms with van der Waals surface area (Å²) in [7, 11) is 0. The number of aryl methyl sites for hydroxylation is 1. The summed E-state index contributed by atoms with van der Waals surface area (Å²) in [5.74, 6) is 1.11. The molecule has 1 saturated heterocycles. The first kappa shape index (κ1) is 23.3. The summed E-state index contributed by atoms with van der Waals surface area (Å²) in [5, 5.41) is 4.44. The van der Waals surface area contributed by atoms with Crippen LogP contribution >= 0.6 is 11.3 Å². The first-order chi connectivity index (χ1) is 16.7. The van der Waals surface area contributed by atoms with Gasteiger partial charge in [0.2, 0.25) is 0 Å². The van der Waals surface area contributed by atoms with Crippen molar-refractivity contribution in [2.75, 3.05) is 19.6 Å². The van der Waals surface area contributed by atoms with E-state index in [4.69, 9.17) is 0 Å². The van der Waals surface area contributed by atoms with Gasteiger partial charge < -0.3 is 4.90 Å². The summed E-state index contributed by atoms with van der Waals surface area (Å²) in [4.78, 5) is 18.7. The zero-order chi connectivity index (χ0) is 23.3. The van der Waals surface area contributed by atoms with E-state index in [0.717, 1.165) is 44.6 Å². The standard InChI is InChI=1S/C30H36N2OS/c1-23-10-8-9-15-28(23)29-21-31(18-24-16-17-34-22-24)19-26(29)20-32(27-13-6-3-7-14-27)30(33)25-11-4-2-5-12-25/h2,4-5,8-12,15-17,22,26-27,29H,3,6-7,13-14,18-21H2,1H3/t26-,29-/m1/s1. The van der Waals surface area contributed by atoms with Crippen LogP contribution in [0.15, 0.2) is 71.4 Å². The van der Waals surface area contributed by atoms with Crippen molar-refractivity contribution in [3.05, 3.63) is 93.7 Å². The van der Waals surface area contributed by atoms with Gasteiger partial charge >= 0.3 is 0 Å². The summed E-state index contributed by atoms with van der Waals surface area (Å²) >= 11 is 1.77. The lowest BCUT2D eigenvalue weighted by molar-refractivity contribution is 0.0588. The van der Waals surface area contributed by atoms with Gasteiger partial charge in [-0.1, -0.05) is 61.7 Å². The minimum atomic E-state index is 0.215. The Hall–Kier alpha value is -2.43. The Morgan fingerprint density at radius 2 is 1.74 bits per heavy atom. The summed E-state index contributed by atoms with van der Waals surface area (Å²) < 4.78 is 0. The molecule has 2 aliphatic rings. The topological polar surface area (TPSA) is 23.6 Å². The number of carbonyl (C=O) groups excluding carboxylic acids is 1. The molecular weight excluding hydrogens is 436 g/mol. The van der Waals surface area contributed by atoms with Crippen molar-refractivity contribution in [2.24, 2.45) is 5.92 Å². The molecule has 0 bridgehead atoms. The molecule has 0 spiro atoms. The monoisotopic (exact) mass is 472 g/mol. The molecule has 1 aromatic heterocycles. The first-order valence-electron chi connectivity index (χ1n) is 12.8. The Balaban J connectivity index is 1.42. The van der Waals surface area contributed by atoms with E-state index >= 15 is 0 Å². The van der Waals surface area contributed by atoms with Crippen LogP contribution in [0.2, 0.25) is 0 Å². The molecule has 4 heteroatoms. The molecule has 1 aliphatic heterocycles. The molecule has 2 atom stereocenters. The lowest BCUT2D eigenvalue weighted by Crippen LogP contribution is -2.45. The molecule has 0 N–H and O–H groups in total. The van der Waals surface area contributed by atoms with Crippen LogP contribution in [0.25, 0.3) is 0 Å². The Labute approximate surface area is 208 Å². The lowest BCUT2D eigenvalue weighted by atomic mass is 9.85. The molecular formula is C30H36N2OS. The molecule has 1 saturated carbocycles. The van der Waals surface area contributed by atoms with Gasteiger partial charge in [-0.15, -0.1) is 0 Å². The Morgan fingerprint density at radius 3 is 2.47 bits per heavy atom. The SMILES string of the molecule is Cc1ccccc1[C@@H]1CN(Cc2ccsc2)C[C@@H]1CN(C(=O)c1ccccc1)C1CCCCC1. The second-order valence-corrected chi connectivity index (χ2v) is 10.9. The van der Waals surface area contributed by atoms with Crippen LogP contribution in [-0.4, -0.2) is 41.4 Å². The molecule has 3 aromatic rings. The second kappa shape index (κ2) is 10.9. The molecule has 3 nitrogen and oxygen atoms in total. The van der Waals surface area contributed by atoms with Gasteiger partial charge in [-0.25, -0.2) is 0 Å². The van der Waals surface area contributed by atoms with E-state index in [1.165, 1.54) is 36.0 Å². The average Bonchev–Trinajstić information content (AvgIpc) is 3.53. The number of nitrogens with zero attached hydrogens (tertiary/aromatic N) is 2. The van der Waals surface area contributed by atoms with Gasteiger partial charge in [-0.2, -0.15) is 11.3 Å². The highest BCUT2D eigenvalue weighted by atomic mass is 32.1. The van der Waals surface area contributed by atoms with Crippen molar-refractivity contribution in [3.8, 4) is 0 Å². The fraction of sp³-hybridized carbons (Fsp3) is 0.433. The van der Waals surface area contributed by atoms with Crippen molar-refractivity contribution in [1.82, 2.24) is 9.80 Å². The van der Waals surface area contributed by atoms with Crippen LogP contribution in [0.1, 0.15) is 65.1 Å². The van der Waals surface area contributed by atoms with E-state index in [1.54, 1.807) is 11.3 Å². The Kier molecular flexibility index (Phi) is 7.46. The van der Waals surface area contributed by atoms with Crippen molar-refractivity contribution >= 4 is 17.2 Å². The smallest absolute Gasteiger partial charge is 0.254 e. The van der Waals surface area contributed by atoms with Crippen LogP contribution in [0.5, 0.6) is 0 Å². The zero-order valence-corrected chi connectivity index (χ0v) is 21.1. The van der Waals surface area contributed by atoms with Crippen LogP contribution in [0.3, 0.4) is 0 Å². The molecule has 2 aromatic carbocycles. The Bertz CT molecular complexity index is 1060.